The van der Waals surface area contributed by atoms with E-state index in [0.29, 0.717) is 11.0 Å². The van der Waals surface area contributed by atoms with Crippen LogP contribution in [0.3, 0.4) is 0 Å². The highest BCUT2D eigenvalue weighted by Crippen LogP contribution is 2.22. The van der Waals surface area contributed by atoms with Gasteiger partial charge in [0.05, 0.1) is 0 Å². The number of likely N-dealkylation sites (N-methyl/N-ethyl adjacent to an activating group) is 1. The fourth-order valence-electron chi connectivity index (χ4n) is 2.45. The minimum absolute atomic E-state index is 0.391. The van der Waals surface area contributed by atoms with E-state index in [-0.39, 0.29) is 0 Å². The van der Waals surface area contributed by atoms with Crippen molar-refractivity contribution < 1.29 is 0 Å². The van der Waals surface area contributed by atoms with Gasteiger partial charge >= 0.3 is 0 Å². The van der Waals surface area contributed by atoms with Crippen LogP contribution in [0.5, 0.6) is 0 Å². The Hall–Kier alpha value is -0.680. The van der Waals surface area contributed by atoms with E-state index in [4.69, 9.17) is 29.6 Å². The van der Waals surface area contributed by atoms with E-state index in [1.807, 2.05) is 18.2 Å². The molecule has 1 heterocycles. The Labute approximate surface area is 125 Å². The minimum atomic E-state index is 0.391. The Kier molecular flexibility index (Phi) is 4.79. The third kappa shape index (κ3) is 3.66. The fraction of sp³-hybridized carbons (Fsp3) is 0.500. The van der Waals surface area contributed by atoms with Crippen molar-refractivity contribution in [3.8, 4) is 0 Å². The molecule has 0 aromatic heterocycles. The summed E-state index contributed by atoms with van der Waals surface area (Å²) >= 11 is 11.3. The van der Waals surface area contributed by atoms with Crippen LogP contribution in [-0.4, -0.2) is 48.0 Å². The summed E-state index contributed by atoms with van der Waals surface area (Å²) in [4.78, 5) is 5.12. The molecule has 1 atom stereocenters. The van der Waals surface area contributed by atoms with Gasteiger partial charge in [0.1, 0.15) is 4.99 Å². The highest BCUT2D eigenvalue weighted by Gasteiger charge is 2.24. The van der Waals surface area contributed by atoms with Crippen molar-refractivity contribution in [2.45, 2.75) is 19.0 Å². The predicted octanol–water partition coefficient (Wildman–Crippen LogP) is 2.11. The van der Waals surface area contributed by atoms with Crippen molar-refractivity contribution in [3.63, 3.8) is 0 Å². The fourth-order valence-corrected chi connectivity index (χ4v) is 2.81. The number of hydrogen-bond donors (Lipinski definition) is 1. The number of benzene rings is 1. The number of thiocarbonyl (C=S) groups is 1. The highest BCUT2D eigenvalue weighted by atomic mass is 35.5. The first kappa shape index (κ1) is 14.7. The molecule has 1 unspecified atom stereocenters. The van der Waals surface area contributed by atoms with Crippen LogP contribution < -0.4 is 5.73 Å². The van der Waals surface area contributed by atoms with Crippen LogP contribution in [0.2, 0.25) is 5.02 Å². The monoisotopic (exact) mass is 297 g/mol. The standard InChI is InChI=1S/C14H20ClN3S/c1-17(2)12-5-6-18(9-12)8-11-4-3-10(14(16)19)7-13(11)15/h3-4,7,12H,5-6,8-9H2,1-2H3,(H2,16,19). The molecule has 19 heavy (non-hydrogen) atoms. The maximum Gasteiger partial charge on any atom is 0.104 e. The lowest BCUT2D eigenvalue weighted by Crippen LogP contribution is -2.31. The van der Waals surface area contributed by atoms with Gasteiger partial charge in [0, 0.05) is 36.3 Å². The third-order valence-electron chi connectivity index (χ3n) is 3.71. The van der Waals surface area contributed by atoms with Crippen molar-refractivity contribution in [1.82, 2.24) is 9.80 Å². The van der Waals surface area contributed by atoms with E-state index >= 15 is 0 Å². The van der Waals surface area contributed by atoms with Gasteiger partial charge in [0.2, 0.25) is 0 Å². The molecular formula is C14H20ClN3S. The van der Waals surface area contributed by atoms with Crippen molar-refractivity contribution in [1.29, 1.82) is 0 Å². The van der Waals surface area contributed by atoms with E-state index < -0.39 is 0 Å². The van der Waals surface area contributed by atoms with Crippen LogP contribution in [-0.2, 0) is 6.54 Å². The second-order valence-corrected chi connectivity index (χ2v) is 6.16. The van der Waals surface area contributed by atoms with Gasteiger partial charge in [0.25, 0.3) is 0 Å². The number of nitrogens with zero attached hydrogens (tertiary/aromatic N) is 2. The molecule has 1 aromatic carbocycles. The van der Waals surface area contributed by atoms with E-state index in [1.165, 1.54) is 6.42 Å². The first-order valence-corrected chi connectivity index (χ1v) is 7.23. The number of halogens is 1. The molecule has 0 saturated carbocycles. The van der Waals surface area contributed by atoms with E-state index in [9.17, 15) is 0 Å². The molecule has 1 aliphatic heterocycles. The zero-order valence-electron chi connectivity index (χ0n) is 11.4. The van der Waals surface area contributed by atoms with Crippen LogP contribution in [0, 0.1) is 0 Å². The van der Waals surface area contributed by atoms with Crippen molar-refractivity contribution in [3.05, 3.63) is 34.3 Å². The average molecular weight is 298 g/mol. The lowest BCUT2D eigenvalue weighted by molar-refractivity contribution is 0.265. The van der Waals surface area contributed by atoms with Crippen LogP contribution in [0.15, 0.2) is 18.2 Å². The van der Waals surface area contributed by atoms with E-state index in [0.717, 1.165) is 35.8 Å². The van der Waals surface area contributed by atoms with E-state index in [2.05, 4.69) is 23.9 Å². The first-order chi connectivity index (χ1) is 8.97. The summed E-state index contributed by atoms with van der Waals surface area (Å²) in [7, 11) is 4.27. The van der Waals surface area contributed by atoms with Crippen LogP contribution in [0.1, 0.15) is 17.5 Å². The van der Waals surface area contributed by atoms with Gasteiger partial charge in [-0.05, 0) is 32.1 Å². The molecule has 0 spiro atoms. The summed E-state index contributed by atoms with van der Waals surface area (Å²) in [5, 5.41) is 0.749. The molecule has 1 fully saturated rings. The molecule has 1 aromatic rings. The summed E-state index contributed by atoms with van der Waals surface area (Å²) in [6.07, 6.45) is 1.22. The molecule has 2 N–H and O–H groups in total. The SMILES string of the molecule is CN(C)C1CCN(Cc2ccc(C(N)=S)cc2Cl)C1. The average Bonchev–Trinajstić information content (AvgIpc) is 2.80. The lowest BCUT2D eigenvalue weighted by Gasteiger charge is -2.20. The molecule has 0 amide bonds. The topological polar surface area (TPSA) is 32.5 Å². The van der Waals surface area contributed by atoms with Gasteiger partial charge in [-0.3, -0.25) is 4.90 Å². The van der Waals surface area contributed by atoms with Gasteiger partial charge in [-0.2, -0.15) is 0 Å². The molecular weight excluding hydrogens is 278 g/mol. The zero-order chi connectivity index (χ0) is 14.0. The minimum Gasteiger partial charge on any atom is -0.389 e. The summed E-state index contributed by atoms with van der Waals surface area (Å²) in [6.45, 7) is 3.11. The van der Waals surface area contributed by atoms with Crippen LogP contribution >= 0.6 is 23.8 Å². The van der Waals surface area contributed by atoms with Gasteiger partial charge in [-0.1, -0.05) is 36.0 Å². The molecule has 0 radical (unpaired) electrons. The second kappa shape index (κ2) is 6.18. The quantitative estimate of drug-likeness (QED) is 0.863. The lowest BCUT2D eigenvalue weighted by atomic mass is 10.1. The molecule has 2 rings (SSSR count). The summed E-state index contributed by atoms with van der Waals surface area (Å²) in [5.74, 6) is 0. The normalized spacial score (nSPS) is 20.1. The van der Waals surface area contributed by atoms with Gasteiger partial charge in [-0.25, -0.2) is 0 Å². The summed E-state index contributed by atoms with van der Waals surface area (Å²) in [6, 6.07) is 6.48. The van der Waals surface area contributed by atoms with Crippen molar-refractivity contribution in [2.75, 3.05) is 27.2 Å². The van der Waals surface area contributed by atoms with Gasteiger partial charge in [-0.15, -0.1) is 0 Å². The number of hydrogen-bond acceptors (Lipinski definition) is 3. The smallest absolute Gasteiger partial charge is 0.104 e. The Morgan fingerprint density at radius 2 is 2.26 bits per heavy atom. The summed E-state index contributed by atoms with van der Waals surface area (Å²) < 4.78 is 0. The maximum atomic E-state index is 6.30. The first-order valence-electron chi connectivity index (χ1n) is 6.44. The largest absolute Gasteiger partial charge is 0.389 e. The molecule has 3 nitrogen and oxygen atoms in total. The summed E-state index contributed by atoms with van der Waals surface area (Å²) in [5.41, 5.74) is 7.57. The second-order valence-electron chi connectivity index (χ2n) is 5.31. The van der Waals surface area contributed by atoms with Crippen molar-refractivity contribution in [2.24, 2.45) is 5.73 Å². The Morgan fingerprint density at radius 1 is 1.53 bits per heavy atom. The van der Waals surface area contributed by atoms with Crippen LogP contribution in [0.25, 0.3) is 0 Å². The van der Waals surface area contributed by atoms with Gasteiger partial charge in [0.15, 0.2) is 0 Å². The predicted molar refractivity (Wildman–Crippen MR) is 84.7 cm³/mol. The zero-order valence-corrected chi connectivity index (χ0v) is 13.0. The van der Waals surface area contributed by atoms with E-state index in [1.54, 1.807) is 0 Å². The molecule has 1 aliphatic rings. The molecule has 0 bridgehead atoms. The Morgan fingerprint density at radius 3 is 2.79 bits per heavy atom. The number of likely N-dealkylation sites (tertiary alicyclic amines) is 1. The van der Waals surface area contributed by atoms with Crippen LogP contribution in [0.4, 0.5) is 0 Å². The molecule has 5 heteroatoms. The third-order valence-corrected chi connectivity index (χ3v) is 4.30. The maximum absolute atomic E-state index is 6.30. The number of rotatable bonds is 4. The highest BCUT2D eigenvalue weighted by molar-refractivity contribution is 7.80. The molecule has 0 aliphatic carbocycles. The molecule has 104 valence electrons. The van der Waals surface area contributed by atoms with Crippen molar-refractivity contribution >= 4 is 28.8 Å². The number of nitrogens with two attached hydrogens (primary N) is 1. The molecule has 1 saturated heterocycles. The van der Waals surface area contributed by atoms with Gasteiger partial charge < -0.3 is 10.6 Å². The Balaban J connectivity index is 2.02. The Bertz CT molecular complexity index is 476.